The largest absolute Gasteiger partial charge is 0.507 e. The zero-order chi connectivity index (χ0) is 18.7. The number of piperidine rings is 1. The number of aryl methyl sites for hydroxylation is 1. The Kier molecular flexibility index (Phi) is 5.95. The summed E-state index contributed by atoms with van der Waals surface area (Å²) in [5.41, 5.74) is 0.701. The number of likely N-dealkylation sites (tertiary alicyclic amines) is 1. The number of benzene rings is 1. The van der Waals surface area contributed by atoms with Gasteiger partial charge in [0.2, 0.25) is 0 Å². The number of carbonyl (C=O) groups is 1. The van der Waals surface area contributed by atoms with E-state index in [9.17, 15) is 14.3 Å². The maximum Gasteiger partial charge on any atom is 0.286 e. The number of phenolic OH excluding ortho intramolecular Hbond substituents is 1. The predicted molar refractivity (Wildman–Crippen MR) is 100 cm³/mol. The Labute approximate surface area is 155 Å². The summed E-state index contributed by atoms with van der Waals surface area (Å²) in [5, 5.41) is 22.9. The molecule has 1 amide bonds. The number of amidine groups is 1. The fourth-order valence-electron chi connectivity index (χ4n) is 3.09. The lowest BCUT2D eigenvalue weighted by atomic mass is 10.1. The first-order chi connectivity index (χ1) is 12.5. The minimum atomic E-state index is -0.457. The molecule has 0 saturated carbocycles. The molecule has 3 rings (SSSR count). The van der Waals surface area contributed by atoms with E-state index in [1.807, 2.05) is 0 Å². The molecular formula is C18H22FN3O3S. The number of nitrogens with zero attached hydrogens (tertiary/aromatic N) is 2. The second-order valence-corrected chi connectivity index (χ2v) is 7.42. The zero-order valence-electron chi connectivity index (χ0n) is 14.5. The van der Waals surface area contributed by atoms with Crippen LogP contribution in [0.15, 0.2) is 22.0 Å². The Morgan fingerprint density at radius 1 is 1.42 bits per heavy atom. The lowest BCUT2D eigenvalue weighted by Crippen LogP contribution is -2.44. The van der Waals surface area contributed by atoms with Crippen molar-refractivity contribution in [2.75, 3.05) is 26.2 Å². The summed E-state index contributed by atoms with van der Waals surface area (Å²) in [6.07, 6.45) is 3.32. The predicted octanol–water partition coefficient (Wildman–Crippen LogP) is 1.86. The van der Waals surface area contributed by atoms with Gasteiger partial charge in [0, 0.05) is 31.2 Å². The molecule has 0 aromatic heterocycles. The minimum absolute atomic E-state index is 0.0310. The lowest BCUT2D eigenvalue weighted by Gasteiger charge is -2.33. The second-order valence-electron chi connectivity index (χ2n) is 6.41. The Morgan fingerprint density at radius 3 is 2.85 bits per heavy atom. The molecule has 2 aliphatic rings. The number of aliphatic imine (C=N–C) groups is 1. The number of phenols is 1. The van der Waals surface area contributed by atoms with Crippen molar-refractivity contribution < 1.29 is 19.4 Å². The molecule has 1 aromatic rings. The Balaban J connectivity index is 1.66. The van der Waals surface area contributed by atoms with Gasteiger partial charge in [0.1, 0.15) is 11.6 Å². The van der Waals surface area contributed by atoms with E-state index in [4.69, 9.17) is 5.11 Å². The van der Waals surface area contributed by atoms with Crippen LogP contribution < -0.4 is 5.32 Å². The van der Waals surface area contributed by atoms with E-state index in [0.29, 0.717) is 28.2 Å². The highest BCUT2D eigenvalue weighted by molar-refractivity contribution is 8.18. The van der Waals surface area contributed by atoms with Crippen LogP contribution in [0.25, 0.3) is 6.08 Å². The maximum atomic E-state index is 13.6. The quantitative estimate of drug-likeness (QED) is 0.693. The zero-order valence-corrected chi connectivity index (χ0v) is 15.4. The normalized spacial score (nSPS) is 20.1. The summed E-state index contributed by atoms with van der Waals surface area (Å²) in [7, 11) is 0. The number of rotatable bonds is 4. The molecule has 0 atom stereocenters. The van der Waals surface area contributed by atoms with Crippen molar-refractivity contribution in [3.05, 3.63) is 34.0 Å². The molecule has 2 heterocycles. The Bertz CT molecular complexity index is 758. The standard InChI is InChI=1S/C18H22FN3O3S/c1-11-8-13(19)9-12(16(11)24)10-15-17(25)21-18(26-15)22-5-2-14(3-6-22)20-4-7-23/h8-10,14,20,23-24H,2-7H2,1H3/b15-10-. The first-order valence-electron chi connectivity index (χ1n) is 8.59. The molecular weight excluding hydrogens is 357 g/mol. The Morgan fingerprint density at radius 2 is 2.15 bits per heavy atom. The monoisotopic (exact) mass is 379 g/mol. The third-order valence-electron chi connectivity index (χ3n) is 4.50. The highest BCUT2D eigenvalue weighted by Gasteiger charge is 2.29. The number of amides is 1. The molecule has 8 heteroatoms. The van der Waals surface area contributed by atoms with Gasteiger partial charge in [-0.2, -0.15) is 4.99 Å². The van der Waals surface area contributed by atoms with Crippen LogP contribution in [0.4, 0.5) is 4.39 Å². The van der Waals surface area contributed by atoms with E-state index in [-0.39, 0.29) is 23.8 Å². The van der Waals surface area contributed by atoms with E-state index in [1.165, 1.54) is 30.0 Å². The van der Waals surface area contributed by atoms with Gasteiger partial charge in [0.25, 0.3) is 5.91 Å². The van der Waals surface area contributed by atoms with Crippen molar-refractivity contribution in [2.45, 2.75) is 25.8 Å². The van der Waals surface area contributed by atoms with Gasteiger partial charge in [0.05, 0.1) is 11.5 Å². The van der Waals surface area contributed by atoms with Gasteiger partial charge in [0.15, 0.2) is 5.17 Å². The van der Waals surface area contributed by atoms with Crippen LogP contribution in [0.2, 0.25) is 0 Å². The number of hydrogen-bond donors (Lipinski definition) is 3. The third kappa shape index (κ3) is 4.25. The molecule has 0 bridgehead atoms. The molecule has 0 spiro atoms. The number of aliphatic hydroxyl groups is 1. The van der Waals surface area contributed by atoms with Crippen molar-refractivity contribution in [2.24, 2.45) is 4.99 Å². The summed E-state index contributed by atoms with van der Waals surface area (Å²) in [6.45, 7) is 3.88. The number of aromatic hydroxyl groups is 1. The van der Waals surface area contributed by atoms with Gasteiger partial charge in [-0.05, 0) is 55.3 Å². The number of nitrogens with one attached hydrogen (secondary N) is 1. The molecule has 0 aliphatic carbocycles. The van der Waals surface area contributed by atoms with E-state index in [0.717, 1.165) is 25.9 Å². The SMILES string of the molecule is Cc1cc(F)cc(/C=C2\SC(N3CCC(NCCO)CC3)=NC2=O)c1O. The van der Waals surface area contributed by atoms with Crippen LogP contribution in [0.3, 0.4) is 0 Å². The van der Waals surface area contributed by atoms with Crippen molar-refractivity contribution in [1.82, 2.24) is 10.2 Å². The minimum Gasteiger partial charge on any atom is -0.507 e. The molecule has 140 valence electrons. The van der Waals surface area contributed by atoms with Crippen molar-refractivity contribution in [3.8, 4) is 5.75 Å². The van der Waals surface area contributed by atoms with Crippen LogP contribution >= 0.6 is 11.8 Å². The van der Waals surface area contributed by atoms with Gasteiger partial charge in [-0.15, -0.1) is 0 Å². The van der Waals surface area contributed by atoms with Crippen LogP contribution in [0.5, 0.6) is 5.75 Å². The molecule has 1 aromatic carbocycles. The van der Waals surface area contributed by atoms with E-state index < -0.39 is 5.82 Å². The van der Waals surface area contributed by atoms with Crippen molar-refractivity contribution in [1.29, 1.82) is 0 Å². The van der Waals surface area contributed by atoms with Gasteiger partial charge in [-0.1, -0.05) is 0 Å². The summed E-state index contributed by atoms with van der Waals surface area (Å²) in [5.74, 6) is -0.857. The number of thioether (sulfide) groups is 1. The number of hydrogen-bond acceptors (Lipinski definition) is 6. The van der Waals surface area contributed by atoms with Crippen molar-refractivity contribution in [3.63, 3.8) is 0 Å². The molecule has 0 radical (unpaired) electrons. The summed E-state index contributed by atoms with van der Waals surface area (Å²) in [4.78, 5) is 18.8. The number of halogens is 1. The molecule has 0 unspecified atom stereocenters. The summed E-state index contributed by atoms with van der Waals surface area (Å²) >= 11 is 1.25. The molecule has 2 aliphatic heterocycles. The topological polar surface area (TPSA) is 85.2 Å². The molecule has 1 fully saturated rings. The van der Waals surface area contributed by atoms with Crippen LogP contribution in [0.1, 0.15) is 24.0 Å². The first kappa shape index (κ1) is 18.9. The Hall–Kier alpha value is -1.90. The van der Waals surface area contributed by atoms with Gasteiger partial charge >= 0.3 is 0 Å². The van der Waals surface area contributed by atoms with E-state index in [2.05, 4.69) is 15.2 Å². The molecule has 6 nitrogen and oxygen atoms in total. The number of aliphatic hydroxyl groups excluding tert-OH is 1. The van der Waals surface area contributed by atoms with Crippen LogP contribution in [-0.2, 0) is 4.79 Å². The third-order valence-corrected chi connectivity index (χ3v) is 5.55. The first-order valence-corrected chi connectivity index (χ1v) is 9.40. The molecule has 1 saturated heterocycles. The van der Waals surface area contributed by atoms with Gasteiger partial charge in [-0.25, -0.2) is 4.39 Å². The fraction of sp³-hybridized carbons (Fsp3) is 0.444. The van der Waals surface area contributed by atoms with Crippen LogP contribution in [0, 0.1) is 12.7 Å². The van der Waals surface area contributed by atoms with E-state index in [1.54, 1.807) is 6.92 Å². The maximum absolute atomic E-state index is 13.6. The van der Waals surface area contributed by atoms with Gasteiger partial charge < -0.3 is 20.4 Å². The smallest absolute Gasteiger partial charge is 0.286 e. The molecule has 26 heavy (non-hydrogen) atoms. The second kappa shape index (κ2) is 8.20. The molecule has 3 N–H and O–H groups in total. The summed E-state index contributed by atoms with van der Waals surface area (Å²) in [6, 6.07) is 2.82. The van der Waals surface area contributed by atoms with Gasteiger partial charge in [-0.3, -0.25) is 4.79 Å². The average molecular weight is 379 g/mol. The highest BCUT2D eigenvalue weighted by Crippen LogP contribution is 2.34. The van der Waals surface area contributed by atoms with Crippen LogP contribution in [-0.4, -0.2) is 58.5 Å². The average Bonchev–Trinajstić information content (AvgIpc) is 2.98. The fourth-order valence-corrected chi connectivity index (χ4v) is 4.05. The highest BCUT2D eigenvalue weighted by atomic mass is 32.2. The lowest BCUT2D eigenvalue weighted by molar-refractivity contribution is -0.113. The van der Waals surface area contributed by atoms with E-state index >= 15 is 0 Å². The van der Waals surface area contributed by atoms with Crippen molar-refractivity contribution >= 4 is 28.9 Å². The summed E-state index contributed by atoms with van der Waals surface area (Å²) < 4.78 is 13.6. The number of carbonyl (C=O) groups excluding carboxylic acids is 1.